The molecule has 0 aliphatic rings. The van der Waals surface area contributed by atoms with E-state index in [2.05, 4.69) is 15.5 Å². The Morgan fingerprint density at radius 2 is 1.91 bits per heavy atom. The lowest BCUT2D eigenvalue weighted by Gasteiger charge is -2.13. The van der Waals surface area contributed by atoms with E-state index in [0.29, 0.717) is 44.7 Å². The van der Waals surface area contributed by atoms with E-state index in [0.717, 1.165) is 12.0 Å². The molecule has 166 valence electrons. The number of aryl methyl sites for hydroxylation is 1. The molecule has 2 aromatic carbocycles. The van der Waals surface area contributed by atoms with Gasteiger partial charge >= 0.3 is 0 Å². The number of carbonyl (C=O) groups is 1. The van der Waals surface area contributed by atoms with Gasteiger partial charge in [0, 0.05) is 28.9 Å². The van der Waals surface area contributed by atoms with Crippen LogP contribution >= 0.6 is 23.4 Å². The van der Waals surface area contributed by atoms with Gasteiger partial charge in [-0.3, -0.25) is 18.6 Å². The van der Waals surface area contributed by atoms with E-state index in [-0.39, 0.29) is 17.5 Å². The molecule has 9 heteroatoms. The minimum absolute atomic E-state index is 0.0103. The first kappa shape index (κ1) is 22.4. The van der Waals surface area contributed by atoms with Crippen LogP contribution in [0.1, 0.15) is 43.1 Å². The minimum atomic E-state index is -0.184. The number of fused-ring (bicyclic) bond motifs is 3. The van der Waals surface area contributed by atoms with Gasteiger partial charge in [-0.15, -0.1) is 10.2 Å². The van der Waals surface area contributed by atoms with Gasteiger partial charge < -0.3 is 5.32 Å². The van der Waals surface area contributed by atoms with Crippen molar-refractivity contribution in [1.82, 2.24) is 24.5 Å². The maximum absolute atomic E-state index is 13.2. The molecule has 1 amide bonds. The van der Waals surface area contributed by atoms with Crippen LogP contribution in [0, 0.1) is 0 Å². The Morgan fingerprint density at radius 1 is 1.16 bits per heavy atom. The van der Waals surface area contributed by atoms with Gasteiger partial charge in [0.25, 0.3) is 11.5 Å². The number of thioether (sulfide) groups is 1. The van der Waals surface area contributed by atoms with Crippen molar-refractivity contribution < 1.29 is 4.79 Å². The van der Waals surface area contributed by atoms with Gasteiger partial charge in [-0.1, -0.05) is 42.4 Å². The number of aromatic nitrogens is 4. The van der Waals surface area contributed by atoms with E-state index in [4.69, 9.17) is 11.6 Å². The highest BCUT2D eigenvalue weighted by molar-refractivity contribution is 7.98. The molecule has 0 radical (unpaired) electrons. The second-order valence-electron chi connectivity index (χ2n) is 7.85. The molecule has 7 nitrogen and oxygen atoms in total. The van der Waals surface area contributed by atoms with Crippen LogP contribution in [-0.2, 0) is 12.3 Å². The van der Waals surface area contributed by atoms with E-state index < -0.39 is 0 Å². The second kappa shape index (κ2) is 9.34. The van der Waals surface area contributed by atoms with Crippen molar-refractivity contribution in [3.05, 3.63) is 69.0 Å². The highest BCUT2D eigenvalue weighted by Crippen LogP contribution is 2.26. The van der Waals surface area contributed by atoms with Gasteiger partial charge in [0.2, 0.25) is 5.78 Å². The number of carbonyl (C=O) groups excluding carboxylic acids is 1. The van der Waals surface area contributed by atoms with Crippen molar-refractivity contribution in [2.24, 2.45) is 0 Å². The van der Waals surface area contributed by atoms with Gasteiger partial charge in [0.05, 0.1) is 10.9 Å². The summed E-state index contributed by atoms with van der Waals surface area (Å²) in [5.74, 6) is 0.959. The monoisotopic (exact) mass is 469 g/mol. The summed E-state index contributed by atoms with van der Waals surface area (Å²) < 4.78 is 3.52. The van der Waals surface area contributed by atoms with E-state index in [1.165, 1.54) is 11.8 Å². The van der Waals surface area contributed by atoms with Crippen LogP contribution in [0.2, 0.25) is 5.02 Å². The molecule has 0 aliphatic heterocycles. The Hall–Kier alpha value is -2.84. The number of nitrogens with zero attached hydrogens (tertiary/aromatic N) is 4. The van der Waals surface area contributed by atoms with Crippen molar-refractivity contribution in [3.8, 4) is 0 Å². The van der Waals surface area contributed by atoms with Crippen LogP contribution in [0.5, 0.6) is 0 Å². The van der Waals surface area contributed by atoms with E-state index in [1.54, 1.807) is 22.8 Å². The van der Waals surface area contributed by atoms with Crippen LogP contribution < -0.4 is 10.9 Å². The van der Waals surface area contributed by atoms with Crippen LogP contribution in [-0.4, -0.2) is 31.1 Å². The SMILES string of the molecule is CCCn1c(=O)c2ccc(C(=O)NC(C)C)cc2n2c(SCc3ccc(Cl)cc3)nnc12. The quantitative estimate of drug-likeness (QED) is 0.402. The fraction of sp³-hybridized carbons (Fsp3) is 0.304. The summed E-state index contributed by atoms with van der Waals surface area (Å²) in [4.78, 5) is 25.8. The van der Waals surface area contributed by atoms with Crippen LogP contribution in [0.3, 0.4) is 0 Å². The molecule has 2 aromatic heterocycles. The Kier molecular flexibility index (Phi) is 6.53. The standard InChI is InChI=1S/C23H24ClN5O2S/c1-4-11-28-21(31)18-10-7-16(20(30)25-14(2)3)12-19(18)29-22(28)26-27-23(29)32-13-15-5-8-17(24)9-6-15/h5-10,12,14H,4,11,13H2,1-3H3,(H,25,30). The average Bonchev–Trinajstić information content (AvgIpc) is 3.19. The summed E-state index contributed by atoms with van der Waals surface area (Å²) >= 11 is 7.51. The van der Waals surface area contributed by atoms with Crippen molar-refractivity contribution in [3.63, 3.8) is 0 Å². The molecule has 0 unspecified atom stereocenters. The normalized spacial score (nSPS) is 11.5. The van der Waals surface area contributed by atoms with Gasteiger partial charge in [-0.2, -0.15) is 0 Å². The highest BCUT2D eigenvalue weighted by atomic mass is 35.5. The van der Waals surface area contributed by atoms with Crippen molar-refractivity contribution in [2.45, 2.75) is 50.7 Å². The molecule has 0 fully saturated rings. The summed E-state index contributed by atoms with van der Waals surface area (Å²) in [6, 6.07) is 12.8. The van der Waals surface area contributed by atoms with E-state index in [9.17, 15) is 9.59 Å². The summed E-state index contributed by atoms with van der Waals surface area (Å²) in [5, 5.41) is 13.5. The molecule has 0 atom stereocenters. The summed E-state index contributed by atoms with van der Waals surface area (Å²) in [6.07, 6.45) is 0.788. The lowest BCUT2D eigenvalue weighted by atomic mass is 10.1. The van der Waals surface area contributed by atoms with Gasteiger partial charge in [0.1, 0.15) is 0 Å². The molecule has 0 aliphatic carbocycles. The third kappa shape index (κ3) is 4.38. The van der Waals surface area contributed by atoms with Gasteiger partial charge in [-0.25, -0.2) is 0 Å². The molecule has 0 bridgehead atoms. The second-order valence-corrected chi connectivity index (χ2v) is 9.23. The number of nitrogens with one attached hydrogen (secondary N) is 1. The number of rotatable bonds is 7. The Labute approximate surface area is 194 Å². The first-order chi connectivity index (χ1) is 15.4. The molecule has 0 saturated carbocycles. The molecular formula is C23H24ClN5O2S. The molecule has 0 saturated heterocycles. The summed E-state index contributed by atoms with van der Waals surface area (Å²) in [5.41, 5.74) is 2.08. The van der Waals surface area contributed by atoms with Crippen molar-refractivity contribution in [1.29, 1.82) is 0 Å². The highest BCUT2D eigenvalue weighted by Gasteiger charge is 2.18. The summed E-state index contributed by atoms with van der Waals surface area (Å²) in [6.45, 7) is 6.37. The number of amides is 1. The van der Waals surface area contributed by atoms with Crippen LogP contribution in [0.15, 0.2) is 52.4 Å². The van der Waals surface area contributed by atoms with Crippen molar-refractivity contribution >= 4 is 46.0 Å². The zero-order chi connectivity index (χ0) is 22.8. The Bertz CT molecular complexity index is 1340. The third-order valence-electron chi connectivity index (χ3n) is 4.98. The predicted octanol–water partition coefficient (Wildman–Crippen LogP) is 4.54. The number of halogens is 1. The fourth-order valence-electron chi connectivity index (χ4n) is 3.52. The molecule has 4 aromatic rings. The molecule has 32 heavy (non-hydrogen) atoms. The zero-order valence-corrected chi connectivity index (χ0v) is 19.7. The Morgan fingerprint density at radius 3 is 2.59 bits per heavy atom. The summed E-state index contributed by atoms with van der Waals surface area (Å²) in [7, 11) is 0. The molecule has 0 spiro atoms. The predicted molar refractivity (Wildman–Crippen MR) is 129 cm³/mol. The molecule has 1 N–H and O–H groups in total. The first-order valence-corrected chi connectivity index (χ1v) is 11.8. The fourth-order valence-corrected chi connectivity index (χ4v) is 4.54. The van der Waals surface area contributed by atoms with Gasteiger partial charge in [-0.05, 0) is 56.2 Å². The number of benzene rings is 2. The van der Waals surface area contributed by atoms with Crippen LogP contribution in [0.25, 0.3) is 16.7 Å². The number of hydrogen-bond donors (Lipinski definition) is 1. The lowest BCUT2D eigenvalue weighted by molar-refractivity contribution is 0.0943. The van der Waals surface area contributed by atoms with E-state index in [1.807, 2.05) is 49.4 Å². The van der Waals surface area contributed by atoms with Crippen molar-refractivity contribution in [2.75, 3.05) is 0 Å². The molecule has 4 rings (SSSR count). The molecular weight excluding hydrogens is 446 g/mol. The van der Waals surface area contributed by atoms with E-state index >= 15 is 0 Å². The maximum atomic E-state index is 13.2. The first-order valence-electron chi connectivity index (χ1n) is 10.5. The Balaban J connectivity index is 1.85. The van der Waals surface area contributed by atoms with Gasteiger partial charge in [0.15, 0.2) is 5.16 Å². The largest absolute Gasteiger partial charge is 0.350 e. The van der Waals surface area contributed by atoms with Crippen LogP contribution in [0.4, 0.5) is 0 Å². The smallest absolute Gasteiger partial charge is 0.262 e. The average molecular weight is 470 g/mol. The molecule has 2 heterocycles. The number of hydrogen-bond acceptors (Lipinski definition) is 5. The minimum Gasteiger partial charge on any atom is -0.350 e. The topological polar surface area (TPSA) is 81.3 Å². The maximum Gasteiger partial charge on any atom is 0.262 e. The zero-order valence-electron chi connectivity index (χ0n) is 18.1. The third-order valence-corrected chi connectivity index (χ3v) is 6.23. The lowest BCUT2D eigenvalue weighted by Crippen LogP contribution is -2.30.